The predicted molar refractivity (Wildman–Crippen MR) is 105 cm³/mol. The molecule has 8 heteroatoms. The number of fused-ring (bicyclic) bond motifs is 1. The third-order valence-electron chi connectivity index (χ3n) is 5.18. The lowest BCUT2D eigenvalue weighted by Crippen LogP contribution is -2.49. The Balaban J connectivity index is 1.47. The molecule has 1 aliphatic heterocycles. The molecule has 1 saturated carbocycles. The van der Waals surface area contributed by atoms with Gasteiger partial charge in [-0.3, -0.25) is 4.79 Å². The van der Waals surface area contributed by atoms with Gasteiger partial charge >= 0.3 is 6.09 Å². The smallest absolute Gasteiger partial charge is 0.410 e. The number of likely N-dealkylation sites (tertiary alicyclic amines) is 1. The highest BCUT2D eigenvalue weighted by Crippen LogP contribution is 2.52. The number of rotatable bonds is 5. The topological polar surface area (TPSA) is 80.8 Å². The van der Waals surface area contributed by atoms with Gasteiger partial charge in [-0.25, -0.2) is 14.2 Å². The maximum atomic E-state index is 13.2. The molecule has 1 N–H and O–H groups in total. The molecule has 2 atom stereocenters. The molecule has 29 heavy (non-hydrogen) atoms. The van der Waals surface area contributed by atoms with Crippen molar-refractivity contribution in [1.29, 1.82) is 0 Å². The van der Waals surface area contributed by atoms with Crippen LogP contribution in [0.1, 0.15) is 40.2 Å². The number of carbonyl (C=O) groups excluding carboxylic acids is 2. The molecule has 0 bridgehead atoms. The number of ether oxygens (including phenoxy) is 2. The Morgan fingerprint density at radius 1 is 1.24 bits per heavy atom. The van der Waals surface area contributed by atoms with Gasteiger partial charge in [0, 0.05) is 24.6 Å². The Kier molecular flexibility index (Phi) is 5.49. The van der Waals surface area contributed by atoms with E-state index in [1.54, 1.807) is 11.8 Å². The average molecular weight is 407 g/mol. The van der Waals surface area contributed by atoms with Gasteiger partial charge in [0.25, 0.3) is 0 Å². The number of pyridine rings is 1. The molecule has 160 valence electrons. The van der Waals surface area contributed by atoms with E-state index in [1.165, 1.54) is 6.07 Å². The number of aryl methyl sites for hydroxylation is 1. The molecule has 3 rings (SSSR count). The van der Waals surface area contributed by atoms with Gasteiger partial charge in [0.05, 0.1) is 11.7 Å². The van der Waals surface area contributed by atoms with E-state index in [0.29, 0.717) is 24.5 Å². The summed E-state index contributed by atoms with van der Waals surface area (Å²) < 4.78 is 24.2. The summed E-state index contributed by atoms with van der Waals surface area (Å²) in [5, 5.41) is 3.03. The Labute approximate surface area is 171 Å². The summed E-state index contributed by atoms with van der Waals surface area (Å²) in [6, 6.07) is 1.36. The van der Waals surface area contributed by atoms with E-state index < -0.39 is 17.0 Å². The summed E-state index contributed by atoms with van der Waals surface area (Å²) in [7, 11) is 0. The number of hydrogen-bond donors (Lipinski definition) is 1. The van der Waals surface area contributed by atoms with Gasteiger partial charge in [0.1, 0.15) is 18.0 Å². The number of amides is 2. The molecule has 1 saturated heterocycles. The fourth-order valence-electron chi connectivity index (χ4n) is 3.77. The summed E-state index contributed by atoms with van der Waals surface area (Å²) in [5.41, 5.74) is -0.532. The van der Waals surface area contributed by atoms with Crippen LogP contribution in [0.25, 0.3) is 0 Å². The van der Waals surface area contributed by atoms with Crippen molar-refractivity contribution in [1.82, 2.24) is 15.2 Å². The van der Waals surface area contributed by atoms with Crippen molar-refractivity contribution in [2.75, 3.05) is 19.7 Å². The first kappa shape index (κ1) is 21.3. The minimum absolute atomic E-state index is 0.0266. The average Bonchev–Trinajstić information content (AvgIpc) is 3.06. The number of piperidine rings is 1. The summed E-state index contributed by atoms with van der Waals surface area (Å²) >= 11 is 0. The third kappa shape index (κ3) is 5.16. The van der Waals surface area contributed by atoms with E-state index in [1.807, 2.05) is 34.6 Å². The van der Waals surface area contributed by atoms with E-state index in [2.05, 4.69) is 10.3 Å². The molecular formula is C21H30FN3O4. The lowest BCUT2D eigenvalue weighted by Gasteiger charge is -2.28. The maximum Gasteiger partial charge on any atom is 0.410 e. The van der Waals surface area contributed by atoms with E-state index in [-0.39, 0.29) is 36.4 Å². The van der Waals surface area contributed by atoms with Gasteiger partial charge in [-0.1, -0.05) is 0 Å². The van der Waals surface area contributed by atoms with Crippen LogP contribution >= 0.6 is 0 Å². The Morgan fingerprint density at radius 3 is 2.41 bits per heavy atom. The van der Waals surface area contributed by atoms with Crippen LogP contribution in [0.4, 0.5) is 9.18 Å². The highest BCUT2D eigenvalue weighted by molar-refractivity contribution is 5.84. The standard InChI is InChI=1S/C21H30FN3O4/c1-12-7-13(22)8-23-18(12)28-11-21(5,6)24-17(26)16-14-9-25(10-15(14)16)19(27)29-20(2,3)4/h7-8,14-16H,9-11H2,1-6H3,(H,24,26). The fourth-order valence-corrected chi connectivity index (χ4v) is 3.77. The van der Waals surface area contributed by atoms with Crippen molar-refractivity contribution in [2.45, 2.75) is 52.7 Å². The van der Waals surface area contributed by atoms with Crippen LogP contribution in [-0.4, -0.2) is 52.7 Å². The van der Waals surface area contributed by atoms with Crippen molar-refractivity contribution in [3.63, 3.8) is 0 Å². The van der Waals surface area contributed by atoms with E-state index >= 15 is 0 Å². The lowest BCUT2D eigenvalue weighted by molar-refractivity contribution is -0.125. The highest BCUT2D eigenvalue weighted by atomic mass is 19.1. The van der Waals surface area contributed by atoms with Gasteiger partial charge in [-0.05, 0) is 59.4 Å². The van der Waals surface area contributed by atoms with Crippen LogP contribution in [-0.2, 0) is 9.53 Å². The maximum absolute atomic E-state index is 13.2. The van der Waals surface area contributed by atoms with Crippen LogP contribution in [0.5, 0.6) is 5.88 Å². The first-order valence-electron chi connectivity index (χ1n) is 9.91. The van der Waals surface area contributed by atoms with Crippen LogP contribution in [0.3, 0.4) is 0 Å². The van der Waals surface area contributed by atoms with Crippen LogP contribution < -0.4 is 10.1 Å². The van der Waals surface area contributed by atoms with Gasteiger partial charge in [0.15, 0.2) is 0 Å². The molecule has 1 aromatic rings. The molecule has 2 unspecified atom stereocenters. The molecular weight excluding hydrogens is 377 g/mol. The normalized spacial score (nSPS) is 23.4. The molecule has 2 amide bonds. The Hall–Kier alpha value is -2.38. The molecule has 7 nitrogen and oxygen atoms in total. The highest BCUT2D eigenvalue weighted by Gasteiger charge is 2.61. The van der Waals surface area contributed by atoms with Crippen molar-refractivity contribution in [3.05, 3.63) is 23.6 Å². The molecule has 2 aliphatic rings. The van der Waals surface area contributed by atoms with Crippen LogP contribution in [0, 0.1) is 30.5 Å². The number of carbonyl (C=O) groups is 2. The monoisotopic (exact) mass is 407 g/mol. The zero-order chi connectivity index (χ0) is 21.6. The van der Waals surface area contributed by atoms with E-state index in [9.17, 15) is 14.0 Å². The lowest BCUT2D eigenvalue weighted by atomic mass is 10.1. The first-order valence-corrected chi connectivity index (χ1v) is 9.91. The Bertz CT molecular complexity index is 794. The number of nitrogens with one attached hydrogen (secondary N) is 1. The number of nitrogens with zero attached hydrogens (tertiary/aromatic N) is 2. The zero-order valence-corrected chi connectivity index (χ0v) is 17.9. The second-order valence-electron chi connectivity index (χ2n) is 9.68. The molecule has 0 spiro atoms. The van der Waals surface area contributed by atoms with Crippen molar-refractivity contribution in [2.24, 2.45) is 17.8 Å². The summed E-state index contributed by atoms with van der Waals surface area (Å²) in [6.07, 6.45) is 0.787. The van der Waals surface area contributed by atoms with Crippen LogP contribution in [0.2, 0.25) is 0 Å². The number of hydrogen-bond acceptors (Lipinski definition) is 5. The van der Waals surface area contributed by atoms with E-state index in [4.69, 9.17) is 9.47 Å². The summed E-state index contributed by atoms with van der Waals surface area (Å²) in [6.45, 7) is 12.3. The van der Waals surface area contributed by atoms with Gasteiger partial charge in [-0.2, -0.15) is 0 Å². The molecule has 2 fully saturated rings. The summed E-state index contributed by atoms with van der Waals surface area (Å²) in [5.74, 6) is 0.188. The van der Waals surface area contributed by atoms with Crippen LogP contribution in [0.15, 0.2) is 12.3 Å². The Morgan fingerprint density at radius 2 is 1.86 bits per heavy atom. The fraction of sp³-hybridized carbons (Fsp3) is 0.667. The van der Waals surface area contributed by atoms with E-state index in [0.717, 1.165) is 6.20 Å². The largest absolute Gasteiger partial charge is 0.475 e. The van der Waals surface area contributed by atoms with Crippen molar-refractivity contribution in [3.8, 4) is 5.88 Å². The van der Waals surface area contributed by atoms with Gasteiger partial charge in [0.2, 0.25) is 11.8 Å². The molecule has 1 aromatic heterocycles. The van der Waals surface area contributed by atoms with Gasteiger partial charge in [-0.15, -0.1) is 0 Å². The van der Waals surface area contributed by atoms with Crippen molar-refractivity contribution >= 4 is 12.0 Å². The first-order chi connectivity index (χ1) is 13.4. The number of aromatic nitrogens is 1. The molecule has 1 aliphatic carbocycles. The third-order valence-corrected chi connectivity index (χ3v) is 5.18. The minimum Gasteiger partial charge on any atom is -0.475 e. The quantitative estimate of drug-likeness (QED) is 0.812. The van der Waals surface area contributed by atoms with Gasteiger partial charge < -0.3 is 19.7 Å². The van der Waals surface area contributed by atoms with Crippen molar-refractivity contribution < 1.29 is 23.5 Å². The number of halogens is 1. The minimum atomic E-state index is -0.610. The molecule has 0 aromatic carbocycles. The second kappa shape index (κ2) is 7.46. The second-order valence-corrected chi connectivity index (χ2v) is 9.68. The SMILES string of the molecule is Cc1cc(F)cnc1OCC(C)(C)NC(=O)C1C2CN(C(=O)OC(C)(C)C)CC21. The zero-order valence-electron chi connectivity index (χ0n) is 17.9. The molecule has 0 radical (unpaired) electrons. The summed E-state index contributed by atoms with van der Waals surface area (Å²) in [4.78, 5) is 30.5. The molecule has 2 heterocycles. The predicted octanol–water partition coefficient (Wildman–Crippen LogP) is 2.92.